The highest BCUT2D eigenvalue weighted by Gasteiger charge is 2.13. The fraction of sp³-hybridized carbons (Fsp3) is 0.100. The van der Waals surface area contributed by atoms with Crippen LogP contribution in [-0.2, 0) is 11.8 Å². The van der Waals surface area contributed by atoms with Crippen LogP contribution in [0.15, 0.2) is 55.5 Å². The molecule has 0 bridgehead atoms. The van der Waals surface area contributed by atoms with Gasteiger partial charge in [-0.1, -0.05) is 6.58 Å². The molecular weight excluding hydrogens is 354 g/mol. The van der Waals surface area contributed by atoms with Gasteiger partial charge < -0.3 is 15.6 Å². The van der Waals surface area contributed by atoms with E-state index in [-0.39, 0.29) is 5.91 Å². The van der Waals surface area contributed by atoms with Crippen LogP contribution < -0.4 is 10.6 Å². The van der Waals surface area contributed by atoms with Gasteiger partial charge >= 0.3 is 0 Å². The number of nitrogens with one attached hydrogen (secondary N) is 3. The second-order valence-electron chi connectivity index (χ2n) is 6.23. The van der Waals surface area contributed by atoms with Gasteiger partial charge in [0.05, 0.1) is 5.69 Å². The first-order chi connectivity index (χ1) is 13.6. The molecule has 8 nitrogen and oxygen atoms in total. The summed E-state index contributed by atoms with van der Waals surface area (Å²) in [6, 6.07) is 7.79. The molecule has 28 heavy (non-hydrogen) atoms. The lowest BCUT2D eigenvalue weighted by Gasteiger charge is -2.04. The number of rotatable bonds is 5. The molecule has 0 saturated heterocycles. The zero-order chi connectivity index (χ0) is 19.7. The van der Waals surface area contributed by atoms with Crippen LogP contribution in [0.2, 0.25) is 0 Å². The summed E-state index contributed by atoms with van der Waals surface area (Å²) in [7, 11) is 3.61. The number of hydrogen-bond acceptors (Lipinski definition) is 5. The molecular formula is C20H19N7O. The molecule has 3 N–H and O–H groups in total. The number of nitrogens with zero attached hydrogens (tertiary/aromatic N) is 4. The number of aryl methyl sites for hydroxylation is 1. The molecule has 4 aromatic heterocycles. The normalized spacial score (nSPS) is 10.8. The van der Waals surface area contributed by atoms with Gasteiger partial charge in [-0.25, -0.2) is 9.97 Å². The highest BCUT2D eigenvalue weighted by molar-refractivity contribution is 5.99. The van der Waals surface area contributed by atoms with Gasteiger partial charge in [0.2, 0.25) is 5.91 Å². The Labute approximate surface area is 161 Å². The van der Waals surface area contributed by atoms with Crippen molar-refractivity contribution >= 4 is 28.6 Å². The summed E-state index contributed by atoms with van der Waals surface area (Å²) in [5.74, 6) is 1.10. The molecule has 4 rings (SSSR count). The second kappa shape index (κ2) is 6.99. The molecule has 0 aliphatic carbocycles. The smallest absolute Gasteiger partial charge is 0.248 e. The Morgan fingerprint density at radius 2 is 2.11 bits per heavy atom. The van der Waals surface area contributed by atoms with Gasteiger partial charge in [-0.3, -0.25) is 9.48 Å². The zero-order valence-electron chi connectivity index (χ0n) is 15.5. The Morgan fingerprint density at radius 1 is 1.25 bits per heavy atom. The summed E-state index contributed by atoms with van der Waals surface area (Å²) < 4.78 is 1.61. The molecule has 4 aromatic rings. The van der Waals surface area contributed by atoms with E-state index in [9.17, 15) is 4.79 Å². The zero-order valence-corrected chi connectivity index (χ0v) is 15.5. The quantitative estimate of drug-likeness (QED) is 0.467. The van der Waals surface area contributed by atoms with Crippen LogP contribution in [0.5, 0.6) is 0 Å². The number of pyridine rings is 2. The predicted octanol–water partition coefficient (Wildman–Crippen LogP) is 3.19. The third-order valence-electron chi connectivity index (χ3n) is 4.47. The van der Waals surface area contributed by atoms with Gasteiger partial charge in [-0.05, 0) is 29.8 Å². The molecule has 0 spiro atoms. The number of H-pyrrole nitrogens is 1. The maximum atomic E-state index is 11.6. The van der Waals surface area contributed by atoms with Crippen LogP contribution in [-0.4, -0.2) is 37.7 Å². The molecule has 140 valence electrons. The van der Waals surface area contributed by atoms with E-state index in [1.807, 2.05) is 37.5 Å². The molecule has 0 unspecified atom stereocenters. The number of fused-ring (bicyclic) bond motifs is 1. The van der Waals surface area contributed by atoms with Gasteiger partial charge in [0, 0.05) is 55.3 Å². The number of anilines is 2. The van der Waals surface area contributed by atoms with Gasteiger partial charge in [0.1, 0.15) is 17.3 Å². The van der Waals surface area contributed by atoms with Crippen LogP contribution in [0.4, 0.5) is 11.6 Å². The predicted molar refractivity (Wildman–Crippen MR) is 110 cm³/mol. The largest absolute Gasteiger partial charge is 0.373 e. The first kappa shape index (κ1) is 17.5. The van der Waals surface area contributed by atoms with E-state index in [0.717, 1.165) is 33.5 Å². The van der Waals surface area contributed by atoms with E-state index >= 15 is 0 Å². The molecule has 0 atom stereocenters. The minimum absolute atomic E-state index is 0.283. The van der Waals surface area contributed by atoms with E-state index in [0.29, 0.717) is 11.5 Å². The van der Waals surface area contributed by atoms with Gasteiger partial charge in [0.25, 0.3) is 0 Å². The Morgan fingerprint density at radius 3 is 2.89 bits per heavy atom. The van der Waals surface area contributed by atoms with Crippen LogP contribution >= 0.6 is 0 Å². The number of aromatic nitrogens is 5. The topological polar surface area (TPSA) is 101 Å². The molecule has 0 radical (unpaired) electrons. The van der Waals surface area contributed by atoms with Gasteiger partial charge in [0.15, 0.2) is 0 Å². The fourth-order valence-corrected chi connectivity index (χ4v) is 3.02. The molecule has 4 heterocycles. The van der Waals surface area contributed by atoms with Crippen LogP contribution in [0, 0.1) is 0 Å². The van der Waals surface area contributed by atoms with Crippen LogP contribution in [0.1, 0.15) is 0 Å². The van der Waals surface area contributed by atoms with E-state index in [2.05, 4.69) is 37.3 Å². The Balaban J connectivity index is 1.77. The molecule has 0 aromatic carbocycles. The number of amides is 1. The van der Waals surface area contributed by atoms with Crippen molar-refractivity contribution in [2.24, 2.45) is 7.05 Å². The lowest BCUT2D eigenvalue weighted by atomic mass is 10.1. The molecule has 1 amide bonds. The lowest BCUT2D eigenvalue weighted by Crippen LogP contribution is -2.10. The third kappa shape index (κ3) is 3.11. The maximum absolute atomic E-state index is 11.6. The molecule has 8 heteroatoms. The van der Waals surface area contributed by atoms with Crippen molar-refractivity contribution in [2.45, 2.75) is 0 Å². The lowest BCUT2D eigenvalue weighted by molar-refractivity contribution is -0.111. The maximum Gasteiger partial charge on any atom is 0.248 e. The van der Waals surface area contributed by atoms with Crippen LogP contribution in [0.25, 0.3) is 33.4 Å². The monoisotopic (exact) mass is 373 g/mol. The first-order valence-electron chi connectivity index (χ1n) is 8.68. The SMILES string of the molecule is C=CC(=O)Nc1cc(-c2cnc3[nH]cc(-c4ccnc(NC)c4)c3c2)nn1C. The van der Waals surface area contributed by atoms with Crippen molar-refractivity contribution in [3.05, 3.63) is 55.5 Å². The summed E-state index contributed by atoms with van der Waals surface area (Å²) in [5, 5.41) is 11.3. The van der Waals surface area contributed by atoms with Crippen molar-refractivity contribution in [1.29, 1.82) is 0 Å². The molecule has 0 aliphatic rings. The van der Waals surface area contributed by atoms with Gasteiger partial charge in [-0.2, -0.15) is 5.10 Å². The van der Waals surface area contributed by atoms with E-state index in [1.165, 1.54) is 6.08 Å². The minimum Gasteiger partial charge on any atom is -0.373 e. The number of carbonyl (C=O) groups is 1. The Bertz CT molecular complexity index is 1190. The highest BCUT2D eigenvalue weighted by Crippen LogP contribution is 2.31. The highest BCUT2D eigenvalue weighted by atomic mass is 16.1. The number of aromatic amines is 1. The van der Waals surface area contributed by atoms with Crippen molar-refractivity contribution in [3.8, 4) is 22.4 Å². The summed E-state index contributed by atoms with van der Waals surface area (Å²) in [5.41, 5.74) is 4.42. The number of hydrogen-bond donors (Lipinski definition) is 3. The Hall–Kier alpha value is -3.94. The summed E-state index contributed by atoms with van der Waals surface area (Å²) >= 11 is 0. The van der Waals surface area contributed by atoms with E-state index in [4.69, 9.17) is 0 Å². The molecule has 0 aliphatic heterocycles. The number of carbonyl (C=O) groups excluding carboxylic acids is 1. The minimum atomic E-state index is -0.283. The fourth-order valence-electron chi connectivity index (χ4n) is 3.02. The Kier molecular flexibility index (Phi) is 4.36. The van der Waals surface area contributed by atoms with Crippen LogP contribution in [0.3, 0.4) is 0 Å². The average Bonchev–Trinajstić information content (AvgIpc) is 3.31. The van der Waals surface area contributed by atoms with Crippen molar-refractivity contribution in [1.82, 2.24) is 24.7 Å². The van der Waals surface area contributed by atoms with E-state index < -0.39 is 0 Å². The van der Waals surface area contributed by atoms with Crippen molar-refractivity contribution < 1.29 is 4.79 Å². The van der Waals surface area contributed by atoms with Crippen molar-refractivity contribution in [2.75, 3.05) is 17.7 Å². The summed E-state index contributed by atoms with van der Waals surface area (Å²) in [6.07, 6.45) is 6.69. The summed E-state index contributed by atoms with van der Waals surface area (Å²) in [4.78, 5) is 23.6. The first-order valence-corrected chi connectivity index (χ1v) is 8.68. The standard InChI is InChI=1S/C20H19N7O/c1-4-19(28)25-18-9-16(26-27(18)3)13-7-14-15(11-24-20(14)23-10-13)12-5-6-22-17(8-12)21-2/h4-11H,1H2,2-3H3,(H,21,22)(H,23,24)(H,25,28). The van der Waals surface area contributed by atoms with Gasteiger partial charge in [-0.15, -0.1) is 0 Å². The average molecular weight is 373 g/mol. The second-order valence-corrected chi connectivity index (χ2v) is 6.23. The molecule has 0 fully saturated rings. The van der Waals surface area contributed by atoms with E-state index in [1.54, 1.807) is 24.1 Å². The third-order valence-corrected chi connectivity index (χ3v) is 4.47. The molecule has 0 saturated carbocycles. The van der Waals surface area contributed by atoms with Crippen molar-refractivity contribution in [3.63, 3.8) is 0 Å². The summed E-state index contributed by atoms with van der Waals surface area (Å²) in [6.45, 7) is 3.47.